The van der Waals surface area contributed by atoms with Gasteiger partial charge < -0.3 is 4.90 Å². The zero-order valence-electron chi connectivity index (χ0n) is 8.16. The van der Waals surface area contributed by atoms with E-state index in [2.05, 4.69) is 19.9 Å². The molecule has 68 valence electrons. The molecule has 0 saturated carbocycles. The van der Waals surface area contributed by atoms with Gasteiger partial charge in [-0.25, -0.2) is 0 Å². The van der Waals surface area contributed by atoms with Gasteiger partial charge in [0, 0.05) is 12.6 Å². The van der Waals surface area contributed by atoms with Crippen molar-refractivity contribution in [2.75, 3.05) is 7.05 Å². The van der Waals surface area contributed by atoms with Crippen LogP contribution in [0.2, 0.25) is 0 Å². The molecule has 1 unspecified atom stereocenters. The molecule has 1 aliphatic heterocycles. The Hall–Kier alpha value is -1.31. The first-order chi connectivity index (χ1) is 6.11. The van der Waals surface area contributed by atoms with Crippen molar-refractivity contribution in [2.45, 2.75) is 19.9 Å². The van der Waals surface area contributed by atoms with Crippen LogP contribution in [0.4, 0.5) is 0 Å². The highest BCUT2D eigenvalue weighted by atomic mass is 16.2. The van der Waals surface area contributed by atoms with E-state index < -0.39 is 0 Å². The summed E-state index contributed by atoms with van der Waals surface area (Å²) in [5.74, 6) is 0.141. The van der Waals surface area contributed by atoms with E-state index in [1.54, 1.807) is 4.90 Å². The van der Waals surface area contributed by atoms with Crippen LogP contribution in [0.1, 0.15) is 34.5 Å². The highest BCUT2D eigenvalue weighted by Crippen LogP contribution is 2.31. The minimum absolute atomic E-state index is 0.141. The third-order valence-corrected chi connectivity index (χ3v) is 2.79. The molecule has 2 rings (SSSR count). The van der Waals surface area contributed by atoms with Crippen LogP contribution >= 0.6 is 0 Å². The largest absolute Gasteiger partial charge is 0.335 e. The van der Waals surface area contributed by atoms with Gasteiger partial charge >= 0.3 is 0 Å². The summed E-state index contributed by atoms with van der Waals surface area (Å²) in [4.78, 5) is 13.4. The highest BCUT2D eigenvalue weighted by molar-refractivity contribution is 5.99. The predicted octanol–water partition coefficient (Wildman–Crippen LogP) is 2.14. The Morgan fingerprint density at radius 1 is 1.38 bits per heavy atom. The van der Waals surface area contributed by atoms with Gasteiger partial charge in [0.2, 0.25) is 0 Å². The van der Waals surface area contributed by atoms with E-state index in [0.717, 1.165) is 11.1 Å². The Morgan fingerprint density at radius 3 is 2.77 bits per heavy atom. The molecule has 0 radical (unpaired) electrons. The van der Waals surface area contributed by atoms with Gasteiger partial charge in [0.15, 0.2) is 0 Å². The Kier molecular flexibility index (Phi) is 1.65. The summed E-state index contributed by atoms with van der Waals surface area (Å²) in [6.45, 7) is 4.11. The van der Waals surface area contributed by atoms with Crippen molar-refractivity contribution in [2.24, 2.45) is 0 Å². The van der Waals surface area contributed by atoms with Gasteiger partial charge in [-0.1, -0.05) is 17.7 Å². The van der Waals surface area contributed by atoms with Crippen molar-refractivity contribution in [1.82, 2.24) is 4.90 Å². The molecule has 0 bridgehead atoms. The second kappa shape index (κ2) is 2.59. The number of rotatable bonds is 0. The average molecular weight is 175 g/mol. The monoisotopic (exact) mass is 175 g/mol. The van der Waals surface area contributed by atoms with Gasteiger partial charge in [-0.3, -0.25) is 4.79 Å². The molecular weight excluding hydrogens is 162 g/mol. The van der Waals surface area contributed by atoms with Crippen LogP contribution in [0.3, 0.4) is 0 Å². The molecule has 1 heterocycles. The van der Waals surface area contributed by atoms with E-state index in [1.807, 2.05) is 19.2 Å². The quantitative estimate of drug-likeness (QED) is 0.591. The van der Waals surface area contributed by atoms with Gasteiger partial charge in [-0.05, 0) is 25.5 Å². The molecule has 2 heteroatoms. The third kappa shape index (κ3) is 1.05. The maximum atomic E-state index is 11.6. The molecule has 1 aromatic carbocycles. The van der Waals surface area contributed by atoms with E-state index in [-0.39, 0.29) is 11.9 Å². The molecule has 0 aliphatic carbocycles. The standard InChI is InChI=1S/C11H13NO/c1-7-4-5-9-10(6-7)8(2)12(3)11(9)13/h4-6,8H,1-3H3. The lowest BCUT2D eigenvalue weighted by Crippen LogP contribution is -2.20. The van der Waals surface area contributed by atoms with Gasteiger partial charge in [0.05, 0.1) is 6.04 Å². The van der Waals surface area contributed by atoms with Gasteiger partial charge in [0.1, 0.15) is 0 Å². The Balaban J connectivity index is 2.60. The van der Waals surface area contributed by atoms with E-state index in [0.29, 0.717) is 0 Å². The molecule has 0 saturated heterocycles. The molecule has 1 amide bonds. The summed E-state index contributed by atoms with van der Waals surface area (Å²) >= 11 is 0. The van der Waals surface area contributed by atoms with Crippen molar-refractivity contribution < 1.29 is 4.79 Å². The first-order valence-corrected chi connectivity index (χ1v) is 4.49. The number of hydrogen-bond donors (Lipinski definition) is 0. The van der Waals surface area contributed by atoms with Gasteiger partial charge in [-0.15, -0.1) is 0 Å². The highest BCUT2D eigenvalue weighted by Gasteiger charge is 2.30. The minimum atomic E-state index is 0.141. The number of fused-ring (bicyclic) bond motifs is 1. The van der Waals surface area contributed by atoms with E-state index >= 15 is 0 Å². The van der Waals surface area contributed by atoms with Crippen LogP contribution in [0.5, 0.6) is 0 Å². The Labute approximate surface area is 78.2 Å². The van der Waals surface area contributed by atoms with E-state index in [9.17, 15) is 4.79 Å². The molecule has 0 N–H and O–H groups in total. The lowest BCUT2D eigenvalue weighted by atomic mass is 10.0. The van der Waals surface area contributed by atoms with Crippen LogP contribution in [0, 0.1) is 6.92 Å². The second-order valence-electron chi connectivity index (χ2n) is 3.68. The zero-order valence-corrected chi connectivity index (χ0v) is 8.16. The van der Waals surface area contributed by atoms with Crippen LogP contribution in [0.25, 0.3) is 0 Å². The first-order valence-electron chi connectivity index (χ1n) is 4.49. The molecule has 0 spiro atoms. The number of aryl methyl sites for hydroxylation is 1. The lowest BCUT2D eigenvalue weighted by molar-refractivity contribution is 0.0784. The SMILES string of the molecule is Cc1ccc2c(c1)C(C)N(C)C2=O. The molecule has 1 aromatic rings. The van der Waals surface area contributed by atoms with E-state index in [4.69, 9.17) is 0 Å². The zero-order chi connectivity index (χ0) is 9.59. The van der Waals surface area contributed by atoms with Gasteiger partial charge in [-0.2, -0.15) is 0 Å². The fraction of sp³-hybridized carbons (Fsp3) is 0.364. The average Bonchev–Trinajstić information content (AvgIpc) is 2.32. The Bertz CT molecular complexity index is 370. The summed E-state index contributed by atoms with van der Waals surface area (Å²) in [7, 11) is 1.85. The Morgan fingerprint density at radius 2 is 2.08 bits per heavy atom. The number of carbonyl (C=O) groups excluding carboxylic acids is 1. The topological polar surface area (TPSA) is 20.3 Å². The molecule has 1 aliphatic rings. The third-order valence-electron chi connectivity index (χ3n) is 2.79. The minimum Gasteiger partial charge on any atom is -0.335 e. The smallest absolute Gasteiger partial charge is 0.254 e. The summed E-state index contributed by atoms with van der Waals surface area (Å²) < 4.78 is 0. The second-order valence-corrected chi connectivity index (χ2v) is 3.68. The first kappa shape index (κ1) is 8.30. The van der Waals surface area contributed by atoms with Crippen molar-refractivity contribution in [3.63, 3.8) is 0 Å². The normalized spacial score (nSPS) is 20.7. The molecule has 0 aromatic heterocycles. The summed E-state index contributed by atoms with van der Waals surface area (Å²) in [5.41, 5.74) is 3.24. The van der Waals surface area contributed by atoms with Crippen LogP contribution < -0.4 is 0 Å². The maximum Gasteiger partial charge on any atom is 0.254 e. The van der Waals surface area contributed by atoms with Crippen LogP contribution in [-0.4, -0.2) is 17.9 Å². The molecule has 0 fully saturated rings. The number of amides is 1. The van der Waals surface area contributed by atoms with Crippen LogP contribution in [0.15, 0.2) is 18.2 Å². The molecule has 13 heavy (non-hydrogen) atoms. The molecule has 2 nitrogen and oxygen atoms in total. The number of carbonyl (C=O) groups is 1. The summed E-state index contributed by atoms with van der Waals surface area (Å²) in [6.07, 6.45) is 0. The predicted molar refractivity (Wildman–Crippen MR) is 51.7 cm³/mol. The molecule has 1 atom stereocenters. The van der Waals surface area contributed by atoms with Crippen molar-refractivity contribution in [3.05, 3.63) is 34.9 Å². The van der Waals surface area contributed by atoms with Crippen LogP contribution in [-0.2, 0) is 0 Å². The van der Waals surface area contributed by atoms with Crippen molar-refractivity contribution in [1.29, 1.82) is 0 Å². The number of nitrogens with zero attached hydrogens (tertiary/aromatic N) is 1. The lowest BCUT2D eigenvalue weighted by Gasteiger charge is -2.14. The summed E-state index contributed by atoms with van der Waals surface area (Å²) in [5, 5.41) is 0. The van der Waals surface area contributed by atoms with Crippen molar-refractivity contribution in [3.8, 4) is 0 Å². The maximum absolute atomic E-state index is 11.6. The van der Waals surface area contributed by atoms with E-state index in [1.165, 1.54) is 5.56 Å². The number of benzene rings is 1. The van der Waals surface area contributed by atoms with Gasteiger partial charge in [0.25, 0.3) is 5.91 Å². The fourth-order valence-corrected chi connectivity index (χ4v) is 1.80. The fourth-order valence-electron chi connectivity index (χ4n) is 1.80. The summed E-state index contributed by atoms with van der Waals surface area (Å²) in [6, 6.07) is 6.24. The number of hydrogen-bond acceptors (Lipinski definition) is 1. The van der Waals surface area contributed by atoms with Crippen molar-refractivity contribution >= 4 is 5.91 Å². The molecular formula is C11H13NO.